The zero-order valence-electron chi connectivity index (χ0n) is 18.9. The molecule has 0 radical (unpaired) electrons. The minimum absolute atomic E-state index is 0.0275. The molecular formula is C25H26FN5O2. The molecule has 1 saturated carbocycles. The summed E-state index contributed by atoms with van der Waals surface area (Å²) in [7, 11) is 0. The average molecular weight is 448 g/mol. The van der Waals surface area contributed by atoms with Crippen LogP contribution in [0.1, 0.15) is 57.4 Å². The Labute approximate surface area is 192 Å². The molecule has 1 aromatic carbocycles. The highest BCUT2D eigenvalue weighted by Crippen LogP contribution is 2.43. The molecule has 170 valence electrons. The van der Waals surface area contributed by atoms with Gasteiger partial charge in [0.25, 0.3) is 5.88 Å². The van der Waals surface area contributed by atoms with E-state index in [1.54, 1.807) is 19.2 Å². The lowest BCUT2D eigenvalue weighted by molar-refractivity contribution is 0.0898. The molecule has 0 saturated heterocycles. The molecule has 0 spiro atoms. The third kappa shape index (κ3) is 3.82. The molecule has 4 heterocycles. The van der Waals surface area contributed by atoms with Crippen molar-refractivity contribution < 1.29 is 13.9 Å². The number of nitriles is 1. The predicted octanol–water partition coefficient (Wildman–Crippen LogP) is 4.66. The second-order valence-corrected chi connectivity index (χ2v) is 9.29. The van der Waals surface area contributed by atoms with Gasteiger partial charge in [-0.25, -0.2) is 14.4 Å². The van der Waals surface area contributed by atoms with Gasteiger partial charge >= 0.3 is 0 Å². The third-order valence-electron chi connectivity index (χ3n) is 6.68. The smallest absolute Gasteiger partial charge is 0.258 e. The van der Waals surface area contributed by atoms with Gasteiger partial charge in [-0.2, -0.15) is 5.26 Å². The zero-order chi connectivity index (χ0) is 23.3. The quantitative estimate of drug-likeness (QED) is 0.682. The third-order valence-corrected chi connectivity index (χ3v) is 6.68. The van der Waals surface area contributed by atoms with E-state index >= 15 is 0 Å². The highest BCUT2D eigenvalue weighted by Gasteiger charge is 2.40. The van der Waals surface area contributed by atoms with Crippen molar-refractivity contribution in [3.8, 4) is 17.7 Å². The number of hydrogen-bond acceptors (Lipinski definition) is 7. The topological polar surface area (TPSA) is 106 Å². The van der Waals surface area contributed by atoms with Crippen LogP contribution in [0.5, 0.6) is 11.6 Å². The maximum atomic E-state index is 14.1. The maximum absolute atomic E-state index is 14.1. The van der Waals surface area contributed by atoms with Gasteiger partial charge in [0.2, 0.25) is 0 Å². The summed E-state index contributed by atoms with van der Waals surface area (Å²) in [6.45, 7) is 6.03. The summed E-state index contributed by atoms with van der Waals surface area (Å²) < 4.78 is 26.4. The van der Waals surface area contributed by atoms with Gasteiger partial charge < -0.3 is 15.2 Å². The molecule has 1 fully saturated rings. The fraction of sp³-hybridized carbons (Fsp3) is 0.440. The van der Waals surface area contributed by atoms with Crippen LogP contribution in [-0.2, 0) is 0 Å². The number of anilines is 1. The number of halogens is 1. The molecule has 2 N–H and O–H groups in total. The van der Waals surface area contributed by atoms with Crippen molar-refractivity contribution in [2.24, 2.45) is 16.8 Å². The van der Waals surface area contributed by atoms with E-state index in [0.29, 0.717) is 34.9 Å². The van der Waals surface area contributed by atoms with Crippen LogP contribution in [0.3, 0.4) is 0 Å². The maximum Gasteiger partial charge on any atom is 0.258 e. The van der Waals surface area contributed by atoms with Gasteiger partial charge in [-0.05, 0) is 43.9 Å². The van der Waals surface area contributed by atoms with Crippen LogP contribution in [0.2, 0.25) is 0 Å². The van der Waals surface area contributed by atoms with Gasteiger partial charge in [0, 0.05) is 34.8 Å². The SMILES string of the molecule is CC1Oc2nc(cnc2N)C2=C(C#N)CC(C(C)C)N=C2C2CC(C2)Oc2ccc(F)cc21. The number of aromatic nitrogens is 2. The highest BCUT2D eigenvalue weighted by molar-refractivity contribution is 6.26. The summed E-state index contributed by atoms with van der Waals surface area (Å²) in [6, 6.07) is 6.86. The molecule has 2 atom stereocenters. The number of nitrogen functional groups attached to an aromatic ring is 1. The molecule has 4 aliphatic rings. The van der Waals surface area contributed by atoms with Gasteiger partial charge in [0.1, 0.15) is 23.8 Å². The first-order valence-electron chi connectivity index (χ1n) is 11.3. The van der Waals surface area contributed by atoms with Gasteiger partial charge in [0.05, 0.1) is 24.0 Å². The summed E-state index contributed by atoms with van der Waals surface area (Å²) in [5, 5.41) is 10.0. The molecule has 1 aromatic heterocycles. The molecule has 4 bridgehead atoms. The van der Waals surface area contributed by atoms with Crippen LogP contribution >= 0.6 is 0 Å². The van der Waals surface area contributed by atoms with Crippen molar-refractivity contribution in [2.75, 3.05) is 5.73 Å². The molecule has 8 heteroatoms. The lowest BCUT2D eigenvalue weighted by Crippen LogP contribution is -2.41. The van der Waals surface area contributed by atoms with E-state index in [1.807, 2.05) is 0 Å². The van der Waals surface area contributed by atoms with Crippen LogP contribution in [0.15, 0.2) is 35.0 Å². The van der Waals surface area contributed by atoms with Gasteiger partial charge in [0.15, 0.2) is 5.82 Å². The molecule has 6 rings (SSSR count). The summed E-state index contributed by atoms with van der Waals surface area (Å²) >= 11 is 0. The standard InChI is InChI=1S/C25H26FN5O2/c1-12(2)19-8-15(10-27)22-20-11-29-24(28)25(31-20)32-13(3)18-9-16(26)4-5-21(18)33-17-6-14(7-17)23(22)30-19/h4-5,9,11-14,17,19H,6-8H2,1-3H3,(H2,28,29). The van der Waals surface area contributed by atoms with Crippen molar-refractivity contribution in [3.05, 3.63) is 47.0 Å². The minimum atomic E-state index is -0.576. The molecule has 33 heavy (non-hydrogen) atoms. The Kier molecular flexibility index (Phi) is 5.28. The molecule has 0 amide bonds. The largest absolute Gasteiger partial charge is 0.490 e. The van der Waals surface area contributed by atoms with Crippen LogP contribution in [0.25, 0.3) is 5.57 Å². The molecule has 2 aromatic rings. The lowest BCUT2D eigenvalue weighted by atomic mass is 9.73. The Morgan fingerprint density at radius 1 is 1.24 bits per heavy atom. The van der Waals surface area contributed by atoms with E-state index in [-0.39, 0.29) is 35.6 Å². The van der Waals surface area contributed by atoms with Crippen molar-refractivity contribution in [1.29, 1.82) is 5.26 Å². The van der Waals surface area contributed by atoms with E-state index in [2.05, 4.69) is 29.9 Å². The number of ether oxygens (including phenoxy) is 2. The number of rotatable bonds is 1. The van der Waals surface area contributed by atoms with Crippen LogP contribution < -0.4 is 15.2 Å². The van der Waals surface area contributed by atoms with Gasteiger partial charge in [-0.1, -0.05) is 13.8 Å². The van der Waals surface area contributed by atoms with Gasteiger partial charge in [-0.15, -0.1) is 0 Å². The monoisotopic (exact) mass is 447 g/mol. The van der Waals surface area contributed by atoms with E-state index in [4.69, 9.17) is 20.2 Å². The summed E-state index contributed by atoms with van der Waals surface area (Å²) in [5.74, 6) is 0.904. The highest BCUT2D eigenvalue weighted by atomic mass is 19.1. The fourth-order valence-corrected chi connectivity index (χ4v) is 4.66. The molecule has 7 nitrogen and oxygen atoms in total. The first kappa shape index (κ1) is 21.4. The predicted molar refractivity (Wildman–Crippen MR) is 122 cm³/mol. The molecule has 1 aliphatic carbocycles. The number of dihydropyridines is 1. The molecular weight excluding hydrogens is 421 g/mol. The number of fused-ring (bicyclic) bond motifs is 1. The van der Waals surface area contributed by atoms with Crippen molar-refractivity contribution in [1.82, 2.24) is 9.97 Å². The second kappa shape index (κ2) is 8.14. The van der Waals surface area contributed by atoms with Crippen LogP contribution in [0, 0.1) is 29.0 Å². The fourth-order valence-electron chi connectivity index (χ4n) is 4.66. The van der Waals surface area contributed by atoms with Gasteiger partial charge in [-0.3, -0.25) is 4.99 Å². The minimum Gasteiger partial charge on any atom is -0.490 e. The number of hydrogen-bond donors (Lipinski definition) is 1. The normalized spacial score (nSPS) is 26.1. The Morgan fingerprint density at radius 2 is 2.03 bits per heavy atom. The first-order valence-corrected chi connectivity index (χ1v) is 11.3. The van der Waals surface area contributed by atoms with Crippen LogP contribution in [-0.4, -0.2) is 27.8 Å². The molecule has 3 aliphatic heterocycles. The van der Waals surface area contributed by atoms with Crippen molar-refractivity contribution in [3.63, 3.8) is 0 Å². The zero-order valence-corrected chi connectivity index (χ0v) is 18.9. The molecule has 2 unspecified atom stereocenters. The number of allylic oxidation sites excluding steroid dienone is 1. The Hall–Kier alpha value is -3.47. The van der Waals surface area contributed by atoms with Crippen molar-refractivity contribution >= 4 is 17.1 Å². The number of nitrogens with zero attached hydrogens (tertiary/aromatic N) is 4. The van der Waals surface area contributed by atoms with E-state index in [1.165, 1.54) is 12.1 Å². The number of benzene rings is 1. The van der Waals surface area contributed by atoms with E-state index in [0.717, 1.165) is 24.1 Å². The van der Waals surface area contributed by atoms with Crippen molar-refractivity contribution in [2.45, 2.75) is 58.3 Å². The van der Waals surface area contributed by atoms with Crippen LogP contribution in [0.4, 0.5) is 10.2 Å². The summed E-state index contributed by atoms with van der Waals surface area (Å²) in [5.41, 5.74) is 9.44. The summed E-state index contributed by atoms with van der Waals surface area (Å²) in [6.07, 6.45) is 3.04. The summed E-state index contributed by atoms with van der Waals surface area (Å²) in [4.78, 5) is 14.0. The lowest BCUT2D eigenvalue weighted by Gasteiger charge is -2.39. The Bertz CT molecular complexity index is 1210. The average Bonchev–Trinajstić information content (AvgIpc) is 2.77. The Morgan fingerprint density at radius 3 is 2.76 bits per heavy atom. The first-order chi connectivity index (χ1) is 15.8. The van der Waals surface area contributed by atoms with E-state index in [9.17, 15) is 9.65 Å². The Balaban J connectivity index is 1.66. The second-order valence-electron chi connectivity index (χ2n) is 9.29. The number of aliphatic imine (C=N–C) groups is 1. The van der Waals surface area contributed by atoms with E-state index < -0.39 is 6.10 Å². The number of nitrogens with two attached hydrogens (primary N) is 1.